The fraction of sp³-hybridized carbons (Fsp3) is 0.778. The molecule has 2 N–H and O–H groups in total. The zero-order valence-corrected chi connectivity index (χ0v) is 7.95. The minimum absolute atomic E-state index is 0.297. The summed E-state index contributed by atoms with van der Waals surface area (Å²) in [4.78, 5) is 4.13. The van der Waals surface area contributed by atoms with Gasteiger partial charge in [0.15, 0.2) is 0 Å². The topological polar surface area (TPSA) is 53.6 Å². The van der Waals surface area contributed by atoms with Crippen molar-refractivity contribution in [1.82, 2.24) is 20.5 Å². The van der Waals surface area contributed by atoms with Gasteiger partial charge in [-0.2, -0.15) is 5.10 Å². The van der Waals surface area contributed by atoms with Crippen molar-refractivity contribution in [3.63, 3.8) is 0 Å². The number of nitrogens with zero attached hydrogens (tertiary/aromatic N) is 2. The summed E-state index contributed by atoms with van der Waals surface area (Å²) in [7, 11) is 0. The molecule has 0 spiro atoms. The summed E-state index contributed by atoms with van der Waals surface area (Å²) in [6, 6.07) is 0.977. The normalized spacial score (nSPS) is 20.7. The predicted octanol–water partition coefficient (Wildman–Crippen LogP) is 1.40. The summed E-state index contributed by atoms with van der Waals surface area (Å²) < 4.78 is 0. The fourth-order valence-corrected chi connectivity index (χ4v) is 1.95. The molecule has 1 aromatic rings. The predicted molar refractivity (Wildman–Crippen MR) is 50.2 cm³/mol. The SMILES string of the molecule is CC(NC1CCCC1)c1ncn[nH]1. The molecule has 13 heavy (non-hydrogen) atoms. The van der Waals surface area contributed by atoms with Crippen LogP contribution in [0, 0.1) is 0 Å². The quantitative estimate of drug-likeness (QED) is 0.739. The second-order valence-corrected chi connectivity index (χ2v) is 3.74. The highest BCUT2D eigenvalue weighted by atomic mass is 15.2. The minimum Gasteiger partial charge on any atom is -0.305 e. The van der Waals surface area contributed by atoms with E-state index >= 15 is 0 Å². The minimum atomic E-state index is 0.297. The summed E-state index contributed by atoms with van der Waals surface area (Å²) >= 11 is 0. The third-order valence-corrected chi connectivity index (χ3v) is 2.68. The van der Waals surface area contributed by atoms with Crippen LogP contribution in [0.5, 0.6) is 0 Å². The van der Waals surface area contributed by atoms with Gasteiger partial charge in [-0.1, -0.05) is 12.8 Å². The van der Waals surface area contributed by atoms with Crippen LogP contribution in [-0.4, -0.2) is 21.2 Å². The van der Waals surface area contributed by atoms with Gasteiger partial charge in [0.05, 0.1) is 6.04 Å². The van der Waals surface area contributed by atoms with E-state index in [9.17, 15) is 0 Å². The molecule has 0 amide bonds. The number of H-pyrrole nitrogens is 1. The van der Waals surface area contributed by atoms with E-state index in [1.165, 1.54) is 25.7 Å². The van der Waals surface area contributed by atoms with Crippen molar-refractivity contribution < 1.29 is 0 Å². The molecule has 0 radical (unpaired) electrons. The number of aromatic nitrogens is 3. The molecule has 1 aliphatic carbocycles. The van der Waals surface area contributed by atoms with Crippen LogP contribution in [0.4, 0.5) is 0 Å². The van der Waals surface area contributed by atoms with Gasteiger partial charge in [0.25, 0.3) is 0 Å². The van der Waals surface area contributed by atoms with Crippen molar-refractivity contribution in [1.29, 1.82) is 0 Å². The molecule has 1 unspecified atom stereocenters. The number of nitrogens with one attached hydrogen (secondary N) is 2. The van der Waals surface area contributed by atoms with E-state index in [1.54, 1.807) is 6.33 Å². The largest absolute Gasteiger partial charge is 0.305 e. The Morgan fingerprint density at radius 2 is 2.31 bits per heavy atom. The van der Waals surface area contributed by atoms with Crippen LogP contribution in [0.1, 0.15) is 44.5 Å². The Morgan fingerprint density at radius 1 is 1.54 bits per heavy atom. The highest BCUT2D eigenvalue weighted by Crippen LogP contribution is 2.20. The lowest BCUT2D eigenvalue weighted by Crippen LogP contribution is -2.29. The summed E-state index contributed by atoms with van der Waals surface area (Å²) in [5.41, 5.74) is 0. The van der Waals surface area contributed by atoms with Crippen molar-refractivity contribution in [3.05, 3.63) is 12.2 Å². The first-order valence-electron chi connectivity index (χ1n) is 4.97. The molecule has 0 saturated heterocycles. The maximum Gasteiger partial charge on any atom is 0.141 e. The van der Waals surface area contributed by atoms with Crippen molar-refractivity contribution in [2.24, 2.45) is 0 Å². The van der Waals surface area contributed by atoms with Crippen molar-refractivity contribution in [3.8, 4) is 0 Å². The van der Waals surface area contributed by atoms with E-state index in [2.05, 4.69) is 27.4 Å². The Labute approximate surface area is 78.1 Å². The van der Waals surface area contributed by atoms with Crippen molar-refractivity contribution in [2.45, 2.75) is 44.7 Å². The molecule has 1 saturated carbocycles. The summed E-state index contributed by atoms with van der Waals surface area (Å²) in [6.07, 6.45) is 6.89. The third-order valence-electron chi connectivity index (χ3n) is 2.68. The van der Waals surface area contributed by atoms with Gasteiger partial charge in [-0.05, 0) is 19.8 Å². The van der Waals surface area contributed by atoms with Crippen LogP contribution >= 0.6 is 0 Å². The first-order chi connectivity index (χ1) is 6.36. The zero-order chi connectivity index (χ0) is 9.10. The Balaban J connectivity index is 1.87. The maximum absolute atomic E-state index is 4.13. The lowest BCUT2D eigenvalue weighted by molar-refractivity contribution is 0.448. The molecule has 1 heterocycles. The van der Waals surface area contributed by atoms with E-state index in [0.717, 1.165) is 5.82 Å². The third kappa shape index (κ3) is 2.06. The van der Waals surface area contributed by atoms with E-state index < -0.39 is 0 Å². The molecular formula is C9H16N4. The van der Waals surface area contributed by atoms with Gasteiger partial charge in [0.1, 0.15) is 12.2 Å². The zero-order valence-electron chi connectivity index (χ0n) is 7.95. The molecular weight excluding hydrogens is 164 g/mol. The second-order valence-electron chi connectivity index (χ2n) is 3.74. The van der Waals surface area contributed by atoms with Crippen LogP contribution < -0.4 is 5.32 Å². The van der Waals surface area contributed by atoms with Gasteiger partial charge in [-0.3, -0.25) is 5.10 Å². The van der Waals surface area contributed by atoms with Crippen LogP contribution in [0.25, 0.3) is 0 Å². The number of hydrogen-bond acceptors (Lipinski definition) is 3. The molecule has 0 aliphatic heterocycles. The fourth-order valence-electron chi connectivity index (χ4n) is 1.95. The highest BCUT2D eigenvalue weighted by Gasteiger charge is 2.18. The van der Waals surface area contributed by atoms with Gasteiger partial charge < -0.3 is 5.32 Å². The van der Waals surface area contributed by atoms with Crippen LogP contribution in [-0.2, 0) is 0 Å². The average molecular weight is 180 g/mol. The maximum atomic E-state index is 4.13. The molecule has 0 aromatic carbocycles. The molecule has 1 aromatic heterocycles. The summed E-state index contributed by atoms with van der Waals surface area (Å²) in [6.45, 7) is 2.12. The molecule has 1 atom stereocenters. The molecule has 1 fully saturated rings. The van der Waals surface area contributed by atoms with Gasteiger partial charge in [0, 0.05) is 6.04 Å². The van der Waals surface area contributed by atoms with Crippen LogP contribution in [0.3, 0.4) is 0 Å². The van der Waals surface area contributed by atoms with Gasteiger partial charge in [-0.15, -0.1) is 0 Å². The van der Waals surface area contributed by atoms with Crippen LogP contribution in [0.15, 0.2) is 6.33 Å². The number of hydrogen-bond donors (Lipinski definition) is 2. The molecule has 4 heteroatoms. The monoisotopic (exact) mass is 180 g/mol. The number of rotatable bonds is 3. The molecule has 0 bridgehead atoms. The Kier molecular flexibility index (Phi) is 2.59. The first kappa shape index (κ1) is 8.69. The average Bonchev–Trinajstić information content (AvgIpc) is 2.74. The highest BCUT2D eigenvalue weighted by molar-refractivity contribution is 4.90. The number of aromatic amines is 1. The molecule has 2 rings (SSSR count). The van der Waals surface area contributed by atoms with Gasteiger partial charge >= 0.3 is 0 Å². The summed E-state index contributed by atoms with van der Waals surface area (Å²) in [5.74, 6) is 0.937. The van der Waals surface area contributed by atoms with Gasteiger partial charge in [-0.25, -0.2) is 4.98 Å². The lowest BCUT2D eigenvalue weighted by atomic mass is 10.2. The van der Waals surface area contributed by atoms with Gasteiger partial charge in [0.2, 0.25) is 0 Å². The second kappa shape index (κ2) is 3.87. The first-order valence-corrected chi connectivity index (χ1v) is 4.97. The standard InChI is InChI=1S/C9H16N4/c1-7(9-10-6-11-13-9)12-8-4-2-3-5-8/h6-8,12H,2-5H2,1H3,(H,10,11,13). The molecule has 4 nitrogen and oxygen atoms in total. The molecule has 72 valence electrons. The van der Waals surface area contributed by atoms with Crippen molar-refractivity contribution >= 4 is 0 Å². The van der Waals surface area contributed by atoms with E-state index in [4.69, 9.17) is 0 Å². The van der Waals surface area contributed by atoms with E-state index in [1.807, 2.05) is 0 Å². The van der Waals surface area contributed by atoms with E-state index in [0.29, 0.717) is 12.1 Å². The lowest BCUT2D eigenvalue weighted by Gasteiger charge is -2.16. The Hall–Kier alpha value is -0.900. The molecule has 1 aliphatic rings. The Morgan fingerprint density at radius 3 is 2.92 bits per heavy atom. The van der Waals surface area contributed by atoms with Crippen molar-refractivity contribution in [2.75, 3.05) is 0 Å². The summed E-state index contributed by atoms with van der Waals surface area (Å²) in [5, 5.41) is 10.3. The Bertz CT molecular complexity index is 238. The van der Waals surface area contributed by atoms with E-state index in [-0.39, 0.29) is 0 Å². The van der Waals surface area contributed by atoms with Crippen LogP contribution in [0.2, 0.25) is 0 Å². The smallest absolute Gasteiger partial charge is 0.141 e.